The normalized spacial score (nSPS) is 10.2. The maximum Gasteiger partial charge on any atom is 0.226 e. The van der Waals surface area contributed by atoms with Gasteiger partial charge < -0.3 is 10.6 Å². The van der Waals surface area contributed by atoms with Crippen molar-refractivity contribution in [1.29, 1.82) is 0 Å². The smallest absolute Gasteiger partial charge is 0.226 e. The average molecular weight is 323 g/mol. The highest BCUT2D eigenvalue weighted by atomic mass is 35.5. The first-order valence-corrected chi connectivity index (χ1v) is 7.36. The van der Waals surface area contributed by atoms with E-state index in [0.717, 1.165) is 16.9 Å². The van der Waals surface area contributed by atoms with Crippen molar-refractivity contribution in [3.63, 3.8) is 0 Å². The number of rotatable bonds is 5. The van der Waals surface area contributed by atoms with Gasteiger partial charge in [-0.25, -0.2) is 0 Å². The molecule has 0 saturated carbocycles. The summed E-state index contributed by atoms with van der Waals surface area (Å²) >= 11 is 12.0. The third kappa shape index (κ3) is 4.66. The van der Waals surface area contributed by atoms with Gasteiger partial charge in [-0.1, -0.05) is 41.4 Å². The molecule has 3 nitrogen and oxygen atoms in total. The number of hydrogen-bond acceptors (Lipinski definition) is 2. The summed E-state index contributed by atoms with van der Waals surface area (Å²) in [6, 6.07) is 13.0. The summed E-state index contributed by atoms with van der Waals surface area (Å²) < 4.78 is 0. The first kappa shape index (κ1) is 15.7. The molecule has 110 valence electrons. The first-order chi connectivity index (χ1) is 10.1. The molecule has 0 spiro atoms. The van der Waals surface area contributed by atoms with Crippen LogP contribution in [0.3, 0.4) is 0 Å². The van der Waals surface area contributed by atoms with Crippen LogP contribution in [0.2, 0.25) is 10.0 Å². The summed E-state index contributed by atoms with van der Waals surface area (Å²) in [4.78, 5) is 11.9. The highest BCUT2D eigenvalue weighted by Crippen LogP contribution is 2.29. The van der Waals surface area contributed by atoms with Crippen molar-refractivity contribution >= 4 is 40.5 Å². The molecule has 2 rings (SSSR count). The van der Waals surface area contributed by atoms with Crippen LogP contribution in [0.5, 0.6) is 0 Å². The van der Waals surface area contributed by atoms with E-state index in [-0.39, 0.29) is 5.91 Å². The van der Waals surface area contributed by atoms with Crippen LogP contribution in [0.15, 0.2) is 42.5 Å². The molecule has 0 atom stereocenters. The fourth-order valence-electron chi connectivity index (χ4n) is 1.90. The van der Waals surface area contributed by atoms with Crippen LogP contribution >= 0.6 is 23.2 Å². The number of anilines is 2. The van der Waals surface area contributed by atoms with Crippen molar-refractivity contribution < 1.29 is 4.79 Å². The minimum absolute atomic E-state index is 0.0498. The van der Waals surface area contributed by atoms with Gasteiger partial charge in [-0.2, -0.15) is 0 Å². The van der Waals surface area contributed by atoms with Crippen molar-refractivity contribution in [2.24, 2.45) is 0 Å². The molecule has 0 aromatic heterocycles. The fraction of sp³-hybridized carbons (Fsp3) is 0.188. The molecule has 2 aromatic rings. The lowest BCUT2D eigenvalue weighted by Gasteiger charge is -2.10. The van der Waals surface area contributed by atoms with Crippen LogP contribution < -0.4 is 10.6 Å². The fourth-order valence-corrected chi connectivity index (χ4v) is 2.26. The second-order valence-electron chi connectivity index (χ2n) is 4.70. The van der Waals surface area contributed by atoms with Crippen LogP contribution in [-0.4, -0.2) is 12.5 Å². The van der Waals surface area contributed by atoms with Crippen molar-refractivity contribution in [2.75, 3.05) is 17.2 Å². The van der Waals surface area contributed by atoms with Crippen molar-refractivity contribution in [2.45, 2.75) is 13.3 Å². The molecular formula is C16H16Cl2N2O. The Kier molecular flexibility index (Phi) is 5.48. The van der Waals surface area contributed by atoms with E-state index in [1.807, 2.05) is 43.3 Å². The van der Waals surface area contributed by atoms with E-state index in [4.69, 9.17) is 23.2 Å². The number of halogens is 2. The first-order valence-electron chi connectivity index (χ1n) is 6.60. The van der Waals surface area contributed by atoms with E-state index < -0.39 is 0 Å². The van der Waals surface area contributed by atoms with E-state index in [1.54, 1.807) is 6.07 Å². The standard InChI is InChI=1S/C16H16Cl2N2O/c1-11-4-2-5-12(10-11)20-15(21)8-9-19-14-7-3-6-13(17)16(14)18/h2-7,10,19H,8-9H2,1H3,(H,20,21). The Morgan fingerprint density at radius 1 is 1.14 bits per heavy atom. The molecule has 0 aliphatic rings. The molecule has 0 bridgehead atoms. The number of nitrogens with one attached hydrogen (secondary N) is 2. The van der Waals surface area contributed by atoms with Gasteiger partial charge in [0.15, 0.2) is 0 Å². The van der Waals surface area contributed by atoms with E-state index >= 15 is 0 Å². The lowest BCUT2D eigenvalue weighted by molar-refractivity contribution is -0.115. The number of carbonyl (C=O) groups is 1. The predicted octanol–water partition coefficient (Wildman–Crippen LogP) is 4.74. The monoisotopic (exact) mass is 322 g/mol. The van der Waals surface area contributed by atoms with Gasteiger partial charge in [-0.15, -0.1) is 0 Å². The Bertz CT molecular complexity index is 644. The van der Waals surface area contributed by atoms with Crippen LogP contribution in [0.4, 0.5) is 11.4 Å². The Labute approximate surface area is 134 Å². The minimum atomic E-state index is -0.0498. The molecule has 2 aromatic carbocycles. The summed E-state index contributed by atoms with van der Waals surface area (Å²) in [5.74, 6) is -0.0498. The van der Waals surface area contributed by atoms with Gasteiger partial charge >= 0.3 is 0 Å². The van der Waals surface area contributed by atoms with Crippen LogP contribution in [-0.2, 0) is 4.79 Å². The molecule has 0 fully saturated rings. The summed E-state index contributed by atoms with van der Waals surface area (Å²) in [7, 11) is 0. The van der Waals surface area contributed by atoms with Crippen LogP contribution in [0.25, 0.3) is 0 Å². The second-order valence-corrected chi connectivity index (χ2v) is 5.48. The highest BCUT2D eigenvalue weighted by molar-refractivity contribution is 6.43. The molecule has 0 radical (unpaired) electrons. The zero-order valence-corrected chi connectivity index (χ0v) is 13.1. The van der Waals surface area contributed by atoms with E-state index in [9.17, 15) is 4.79 Å². The zero-order chi connectivity index (χ0) is 15.2. The van der Waals surface area contributed by atoms with Crippen LogP contribution in [0, 0.1) is 6.92 Å². The predicted molar refractivity (Wildman–Crippen MR) is 89.4 cm³/mol. The molecule has 0 aliphatic heterocycles. The number of hydrogen-bond donors (Lipinski definition) is 2. The van der Waals surface area contributed by atoms with Crippen molar-refractivity contribution in [3.8, 4) is 0 Å². The zero-order valence-electron chi connectivity index (χ0n) is 11.6. The molecule has 0 unspecified atom stereocenters. The van der Waals surface area contributed by atoms with E-state index in [1.165, 1.54) is 0 Å². The summed E-state index contributed by atoms with van der Waals surface area (Å²) in [5.41, 5.74) is 2.64. The Hall–Kier alpha value is -1.71. The lowest BCUT2D eigenvalue weighted by Crippen LogP contribution is -2.16. The topological polar surface area (TPSA) is 41.1 Å². The maximum atomic E-state index is 11.9. The lowest BCUT2D eigenvalue weighted by atomic mass is 10.2. The molecule has 2 N–H and O–H groups in total. The van der Waals surface area contributed by atoms with Crippen molar-refractivity contribution in [1.82, 2.24) is 0 Å². The van der Waals surface area contributed by atoms with Gasteiger partial charge in [0.25, 0.3) is 0 Å². The van der Waals surface area contributed by atoms with Gasteiger partial charge in [0.05, 0.1) is 15.7 Å². The quantitative estimate of drug-likeness (QED) is 0.834. The van der Waals surface area contributed by atoms with E-state index in [2.05, 4.69) is 10.6 Å². The van der Waals surface area contributed by atoms with Crippen LogP contribution in [0.1, 0.15) is 12.0 Å². The number of benzene rings is 2. The summed E-state index contributed by atoms with van der Waals surface area (Å²) in [6.45, 7) is 2.47. The molecular weight excluding hydrogens is 307 g/mol. The Morgan fingerprint density at radius 3 is 2.67 bits per heavy atom. The molecule has 5 heteroatoms. The van der Waals surface area contributed by atoms with Gasteiger partial charge in [0.2, 0.25) is 5.91 Å². The molecule has 0 saturated heterocycles. The summed E-state index contributed by atoms with van der Waals surface area (Å²) in [5, 5.41) is 6.92. The third-order valence-corrected chi connectivity index (χ3v) is 3.74. The molecule has 0 heterocycles. The highest BCUT2D eigenvalue weighted by Gasteiger charge is 2.05. The summed E-state index contributed by atoms with van der Waals surface area (Å²) in [6.07, 6.45) is 0.344. The molecule has 21 heavy (non-hydrogen) atoms. The van der Waals surface area contributed by atoms with Gasteiger partial charge in [-0.3, -0.25) is 4.79 Å². The van der Waals surface area contributed by atoms with E-state index in [0.29, 0.717) is 23.0 Å². The van der Waals surface area contributed by atoms with Gasteiger partial charge in [0, 0.05) is 18.7 Å². The largest absolute Gasteiger partial charge is 0.383 e. The average Bonchev–Trinajstić information content (AvgIpc) is 2.43. The second kappa shape index (κ2) is 7.34. The van der Waals surface area contributed by atoms with Crippen molar-refractivity contribution in [3.05, 3.63) is 58.1 Å². The molecule has 0 aliphatic carbocycles. The molecule has 1 amide bonds. The number of amides is 1. The maximum absolute atomic E-state index is 11.9. The SMILES string of the molecule is Cc1cccc(NC(=O)CCNc2cccc(Cl)c2Cl)c1. The van der Waals surface area contributed by atoms with Gasteiger partial charge in [0.1, 0.15) is 0 Å². The third-order valence-electron chi connectivity index (χ3n) is 2.92. The van der Waals surface area contributed by atoms with Gasteiger partial charge in [-0.05, 0) is 36.8 Å². The number of aryl methyl sites for hydroxylation is 1. The Balaban J connectivity index is 1.83. The minimum Gasteiger partial charge on any atom is -0.383 e. The number of carbonyl (C=O) groups excluding carboxylic acids is 1. The Morgan fingerprint density at radius 2 is 1.90 bits per heavy atom.